The molecular weight excluding hydrogens is 204 g/mol. The van der Waals surface area contributed by atoms with Gasteiger partial charge in [0.15, 0.2) is 0 Å². The van der Waals surface area contributed by atoms with Gasteiger partial charge in [0.1, 0.15) is 0 Å². The summed E-state index contributed by atoms with van der Waals surface area (Å²) >= 11 is 0. The lowest BCUT2D eigenvalue weighted by molar-refractivity contribution is -0.384. The molecule has 1 aliphatic heterocycles. The molecule has 1 fully saturated rings. The first-order valence-corrected chi connectivity index (χ1v) is 5.60. The van der Waals surface area contributed by atoms with E-state index in [1.165, 1.54) is 18.5 Å². The second-order valence-corrected chi connectivity index (χ2v) is 4.38. The average molecular weight is 220 g/mol. The van der Waals surface area contributed by atoms with E-state index < -0.39 is 0 Å². The third-order valence-corrected chi connectivity index (χ3v) is 3.11. The van der Waals surface area contributed by atoms with Crippen LogP contribution < -0.4 is 4.90 Å². The number of aryl methyl sites for hydroxylation is 2. The zero-order valence-corrected chi connectivity index (χ0v) is 9.69. The fourth-order valence-electron chi connectivity index (χ4n) is 2.48. The highest BCUT2D eigenvalue weighted by atomic mass is 16.6. The molecule has 0 aromatic heterocycles. The van der Waals surface area contributed by atoms with Crippen LogP contribution in [0.4, 0.5) is 11.4 Å². The third-order valence-electron chi connectivity index (χ3n) is 3.11. The molecule has 1 aliphatic rings. The van der Waals surface area contributed by atoms with E-state index in [0.29, 0.717) is 0 Å². The number of rotatable bonds is 2. The van der Waals surface area contributed by atoms with Gasteiger partial charge in [-0.25, -0.2) is 0 Å². The molecule has 86 valence electrons. The van der Waals surface area contributed by atoms with E-state index in [1.54, 1.807) is 12.1 Å². The molecular formula is C12H16N2O2. The summed E-state index contributed by atoms with van der Waals surface area (Å²) < 4.78 is 0. The molecule has 0 unspecified atom stereocenters. The minimum atomic E-state index is -0.326. The van der Waals surface area contributed by atoms with Crippen LogP contribution in [0, 0.1) is 24.0 Å². The molecule has 4 nitrogen and oxygen atoms in total. The van der Waals surface area contributed by atoms with Crippen molar-refractivity contribution in [1.82, 2.24) is 0 Å². The average Bonchev–Trinajstić information content (AvgIpc) is 2.69. The molecule has 0 amide bonds. The third kappa shape index (κ3) is 1.87. The quantitative estimate of drug-likeness (QED) is 0.568. The van der Waals surface area contributed by atoms with E-state index in [9.17, 15) is 10.1 Å². The Bertz CT molecular complexity index is 400. The SMILES string of the molecule is Cc1cc([N+](=O)[O-])cc(C)c1N1CCCC1. The number of nitro benzene ring substituents is 1. The van der Waals surface area contributed by atoms with Crippen molar-refractivity contribution in [2.75, 3.05) is 18.0 Å². The Labute approximate surface area is 95.0 Å². The van der Waals surface area contributed by atoms with E-state index in [-0.39, 0.29) is 10.6 Å². The Hall–Kier alpha value is -1.58. The molecule has 16 heavy (non-hydrogen) atoms. The Balaban J connectivity index is 2.42. The predicted molar refractivity (Wildman–Crippen MR) is 64.0 cm³/mol. The van der Waals surface area contributed by atoms with Gasteiger partial charge in [-0.15, -0.1) is 0 Å². The minimum absolute atomic E-state index is 0.193. The molecule has 1 aromatic rings. The standard InChI is InChI=1S/C12H16N2O2/c1-9-7-11(14(15)16)8-10(2)12(9)13-5-3-4-6-13/h7-8H,3-6H2,1-2H3. The van der Waals surface area contributed by atoms with Crippen LogP contribution in [0.3, 0.4) is 0 Å². The molecule has 0 spiro atoms. The van der Waals surface area contributed by atoms with Crippen molar-refractivity contribution in [3.8, 4) is 0 Å². The van der Waals surface area contributed by atoms with E-state index >= 15 is 0 Å². The summed E-state index contributed by atoms with van der Waals surface area (Å²) in [6, 6.07) is 3.33. The number of nitrogens with zero attached hydrogens (tertiary/aromatic N) is 2. The van der Waals surface area contributed by atoms with Gasteiger partial charge in [-0.05, 0) is 37.8 Å². The monoisotopic (exact) mass is 220 g/mol. The van der Waals surface area contributed by atoms with Gasteiger partial charge in [0, 0.05) is 30.9 Å². The van der Waals surface area contributed by atoms with E-state index in [4.69, 9.17) is 0 Å². The summed E-state index contributed by atoms with van der Waals surface area (Å²) in [5, 5.41) is 10.7. The van der Waals surface area contributed by atoms with Crippen LogP contribution >= 0.6 is 0 Å². The molecule has 0 bridgehead atoms. The summed E-state index contributed by atoms with van der Waals surface area (Å²) in [4.78, 5) is 12.7. The van der Waals surface area contributed by atoms with E-state index in [2.05, 4.69) is 4.90 Å². The number of hydrogen-bond donors (Lipinski definition) is 0. The summed E-state index contributed by atoms with van der Waals surface area (Å²) in [6.07, 6.45) is 2.44. The molecule has 4 heteroatoms. The maximum absolute atomic E-state index is 10.7. The first kappa shape index (κ1) is 10.9. The van der Waals surface area contributed by atoms with Crippen molar-refractivity contribution in [2.24, 2.45) is 0 Å². The van der Waals surface area contributed by atoms with Crippen molar-refractivity contribution in [3.05, 3.63) is 33.4 Å². The number of hydrogen-bond acceptors (Lipinski definition) is 3. The normalized spacial score (nSPS) is 15.5. The maximum atomic E-state index is 10.7. The Morgan fingerprint density at radius 2 is 1.69 bits per heavy atom. The van der Waals surface area contributed by atoms with Gasteiger partial charge in [-0.2, -0.15) is 0 Å². The molecule has 0 radical (unpaired) electrons. The highest BCUT2D eigenvalue weighted by Gasteiger charge is 2.19. The van der Waals surface area contributed by atoms with Crippen LogP contribution in [0.5, 0.6) is 0 Å². The van der Waals surface area contributed by atoms with Crippen molar-refractivity contribution < 1.29 is 4.92 Å². The van der Waals surface area contributed by atoms with Gasteiger partial charge in [-0.3, -0.25) is 10.1 Å². The zero-order valence-electron chi connectivity index (χ0n) is 9.69. The van der Waals surface area contributed by atoms with Gasteiger partial charge in [-0.1, -0.05) is 0 Å². The number of nitro groups is 1. The molecule has 0 aliphatic carbocycles. The van der Waals surface area contributed by atoms with Gasteiger partial charge in [0.05, 0.1) is 4.92 Å². The molecule has 2 rings (SSSR count). The summed E-state index contributed by atoms with van der Waals surface area (Å²) in [6.45, 7) is 6.04. The fourth-order valence-corrected chi connectivity index (χ4v) is 2.48. The molecule has 1 aromatic carbocycles. The van der Waals surface area contributed by atoms with Crippen molar-refractivity contribution in [1.29, 1.82) is 0 Å². The van der Waals surface area contributed by atoms with Crippen LogP contribution in [0.25, 0.3) is 0 Å². The summed E-state index contributed by atoms with van der Waals surface area (Å²) in [5.41, 5.74) is 3.39. The van der Waals surface area contributed by atoms with Crippen molar-refractivity contribution in [3.63, 3.8) is 0 Å². The smallest absolute Gasteiger partial charge is 0.270 e. The first-order valence-electron chi connectivity index (χ1n) is 5.60. The zero-order chi connectivity index (χ0) is 11.7. The van der Waals surface area contributed by atoms with Crippen LogP contribution in [0.15, 0.2) is 12.1 Å². The highest BCUT2D eigenvalue weighted by molar-refractivity contribution is 5.63. The van der Waals surface area contributed by atoms with Gasteiger partial charge in [0.25, 0.3) is 5.69 Å². The van der Waals surface area contributed by atoms with Crippen molar-refractivity contribution in [2.45, 2.75) is 26.7 Å². The van der Waals surface area contributed by atoms with Crippen molar-refractivity contribution >= 4 is 11.4 Å². The molecule has 1 saturated heterocycles. The Kier molecular flexibility index (Phi) is 2.81. The largest absolute Gasteiger partial charge is 0.371 e. The van der Waals surface area contributed by atoms with Crippen LogP contribution in [-0.2, 0) is 0 Å². The van der Waals surface area contributed by atoms with Gasteiger partial charge < -0.3 is 4.90 Å². The molecule has 1 heterocycles. The maximum Gasteiger partial charge on any atom is 0.270 e. The van der Waals surface area contributed by atoms with Crippen LogP contribution in [-0.4, -0.2) is 18.0 Å². The van der Waals surface area contributed by atoms with E-state index in [0.717, 1.165) is 24.2 Å². The topological polar surface area (TPSA) is 46.4 Å². The lowest BCUT2D eigenvalue weighted by atomic mass is 10.1. The van der Waals surface area contributed by atoms with Crippen LogP contribution in [0.2, 0.25) is 0 Å². The molecule has 0 saturated carbocycles. The lowest BCUT2D eigenvalue weighted by Crippen LogP contribution is -2.19. The Morgan fingerprint density at radius 1 is 1.19 bits per heavy atom. The highest BCUT2D eigenvalue weighted by Crippen LogP contribution is 2.31. The summed E-state index contributed by atoms with van der Waals surface area (Å²) in [7, 11) is 0. The second kappa shape index (κ2) is 4.12. The number of benzene rings is 1. The van der Waals surface area contributed by atoms with Crippen LogP contribution in [0.1, 0.15) is 24.0 Å². The van der Waals surface area contributed by atoms with Gasteiger partial charge >= 0.3 is 0 Å². The minimum Gasteiger partial charge on any atom is -0.371 e. The number of non-ortho nitro benzene ring substituents is 1. The molecule has 0 atom stereocenters. The predicted octanol–water partition coefficient (Wildman–Crippen LogP) is 2.81. The second-order valence-electron chi connectivity index (χ2n) is 4.38. The Morgan fingerprint density at radius 3 is 2.12 bits per heavy atom. The fraction of sp³-hybridized carbons (Fsp3) is 0.500. The van der Waals surface area contributed by atoms with Gasteiger partial charge in [0.2, 0.25) is 0 Å². The number of anilines is 1. The first-order chi connectivity index (χ1) is 7.59. The molecule has 0 N–H and O–H groups in total. The summed E-state index contributed by atoms with van der Waals surface area (Å²) in [5.74, 6) is 0. The van der Waals surface area contributed by atoms with E-state index in [1.807, 2.05) is 13.8 Å². The lowest BCUT2D eigenvalue weighted by Gasteiger charge is -2.22.